The molecule has 0 amide bonds. The van der Waals surface area contributed by atoms with Gasteiger partial charge in [0.25, 0.3) is 0 Å². The van der Waals surface area contributed by atoms with Gasteiger partial charge in [0.05, 0.1) is 13.2 Å². The van der Waals surface area contributed by atoms with Crippen LogP contribution in [0.4, 0.5) is 0 Å². The first-order chi connectivity index (χ1) is 12.1. The molecule has 8 heteroatoms. The van der Waals surface area contributed by atoms with Crippen LogP contribution in [0.1, 0.15) is 91.9 Å². The first-order valence-electron chi connectivity index (χ1n) is 10.00. The lowest BCUT2D eigenvalue weighted by molar-refractivity contribution is -0.201. The second-order valence-corrected chi connectivity index (χ2v) is 12.2. The van der Waals surface area contributed by atoms with Gasteiger partial charge in [-0.1, -0.05) is 79.1 Å². The van der Waals surface area contributed by atoms with E-state index in [1.165, 1.54) is 12.8 Å². The molecule has 0 saturated carbocycles. The van der Waals surface area contributed by atoms with E-state index >= 15 is 0 Å². The van der Waals surface area contributed by atoms with E-state index in [-0.39, 0.29) is 0 Å². The zero-order valence-electron chi connectivity index (χ0n) is 17.0. The highest BCUT2D eigenvalue weighted by Crippen LogP contribution is 2.43. The highest BCUT2D eigenvalue weighted by molar-refractivity contribution is 7.52. The summed E-state index contributed by atoms with van der Waals surface area (Å²) in [4.78, 5) is 23.0. The van der Waals surface area contributed by atoms with Gasteiger partial charge in [-0.25, -0.2) is 0 Å². The van der Waals surface area contributed by atoms with Gasteiger partial charge >= 0.3 is 0 Å². The molecule has 2 unspecified atom stereocenters. The average Bonchev–Trinajstić information content (AvgIpc) is 2.54. The smallest absolute Gasteiger partial charge is 0.137 e. The van der Waals surface area contributed by atoms with Gasteiger partial charge in [0, 0.05) is 11.3 Å². The summed E-state index contributed by atoms with van der Waals surface area (Å²) in [6, 6.07) is 0. The van der Waals surface area contributed by atoms with Crippen LogP contribution in [0.25, 0.3) is 0 Å². The SMILES string of the molecule is CC(C)P(=O)([O-])OCCCCCCCCCCCCOP(=O)([O-])C(C)C. The van der Waals surface area contributed by atoms with Gasteiger partial charge in [0.1, 0.15) is 15.2 Å². The molecule has 0 fully saturated rings. The largest absolute Gasteiger partial charge is 0.778 e. The minimum Gasteiger partial charge on any atom is -0.778 e. The van der Waals surface area contributed by atoms with Gasteiger partial charge in [-0.05, 0) is 12.8 Å². The third-order valence-electron chi connectivity index (χ3n) is 4.35. The normalized spacial score (nSPS) is 16.8. The van der Waals surface area contributed by atoms with Gasteiger partial charge in [-0.2, -0.15) is 0 Å². The highest BCUT2D eigenvalue weighted by atomic mass is 31.2. The Hall–Kier alpha value is 0.300. The van der Waals surface area contributed by atoms with Crippen molar-refractivity contribution >= 4 is 15.2 Å². The fourth-order valence-corrected chi connectivity index (χ4v) is 3.66. The molecule has 158 valence electrons. The standard InChI is InChI=1S/C18H40O6P2/c1-17(2)25(19,20)23-15-13-11-9-7-5-6-8-10-12-14-16-24-26(21,22)18(3)4/h17-18H,5-16H2,1-4H3,(H,19,20)(H,21,22)/p-2. The summed E-state index contributed by atoms with van der Waals surface area (Å²) in [6.07, 6.45) is 10.5. The average molecular weight is 412 g/mol. The van der Waals surface area contributed by atoms with Crippen molar-refractivity contribution in [3.63, 3.8) is 0 Å². The highest BCUT2D eigenvalue weighted by Gasteiger charge is 2.13. The maximum Gasteiger partial charge on any atom is 0.137 e. The molecule has 2 atom stereocenters. The molecule has 0 aliphatic carbocycles. The van der Waals surface area contributed by atoms with Crippen LogP contribution >= 0.6 is 15.2 Å². The Morgan fingerprint density at radius 1 is 0.577 bits per heavy atom. The third-order valence-corrected chi connectivity index (χ3v) is 7.96. The van der Waals surface area contributed by atoms with E-state index in [4.69, 9.17) is 9.05 Å². The Morgan fingerprint density at radius 2 is 0.808 bits per heavy atom. The summed E-state index contributed by atoms with van der Waals surface area (Å²) in [5, 5.41) is 0. The summed E-state index contributed by atoms with van der Waals surface area (Å²) in [6.45, 7) is 7.13. The second kappa shape index (κ2) is 14.3. The third kappa shape index (κ3) is 13.5. The lowest BCUT2D eigenvalue weighted by Crippen LogP contribution is -2.14. The number of unbranched alkanes of at least 4 members (excludes halogenated alkanes) is 9. The Kier molecular flexibility index (Phi) is 14.5. The van der Waals surface area contributed by atoms with E-state index in [0.717, 1.165) is 51.4 Å². The Balaban J connectivity index is 3.33. The van der Waals surface area contributed by atoms with Crippen molar-refractivity contribution in [1.29, 1.82) is 0 Å². The van der Waals surface area contributed by atoms with Crippen LogP contribution in [0.15, 0.2) is 0 Å². The predicted molar refractivity (Wildman–Crippen MR) is 104 cm³/mol. The first kappa shape index (κ1) is 26.3. The molecule has 26 heavy (non-hydrogen) atoms. The van der Waals surface area contributed by atoms with Crippen LogP contribution < -0.4 is 9.79 Å². The van der Waals surface area contributed by atoms with Gasteiger partial charge in [0.15, 0.2) is 0 Å². The Bertz CT molecular complexity index is 399. The van der Waals surface area contributed by atoms with E-state index in [2.05, 4.69) is 0 Å². The number of rotatable bonds is 17. The van der Waals surface area contributed by atoms with E-state index < -0.39 is 26.5 Å². The topological polar surface area (TPSA) is 98.7 Å². The first-order valence-corrected chi connectivity index (χ1v) is 13.2. The predicted octanol–water partition coefficient (Wildman–Crippen LogP) is 4.84. The monoisotopic (exact) mass is 412 g/mol. The van der Waals surface area contributed by atoms with Crippen molar-refractivity contribution in [1.82, 2.24) is 0 Å². The van der Waals surface area contributed by atoms with E-state index in [9.17, 15) is 18.9 Å². The van der Waals surface area contributed by atoms with Crippen LogP contribution in [-0.4, -0.2) is 24.5 Å². The molecule has 0 radical (unpaired) electrons. The minimum absolute atomic E-state index is 0.300. The minimum atomic E-state index is -3.65. The van der Waals surface area contributed by atoms with Gasteiger partial charge in [-0.3, -0.25) is 0 Å². The Labute approximate surface area is 160 Å². The van der Waals surface area contributed by atoms with Crippen molar-refractivity contribution in [3.8, 4) is 0 Å². The van der Waals surface area contributed by atoms with Crippen LogP contribution in [0, 0.1) is 0 Å². The lowest BCUT2D eigenvalue weighted by Gasteiger charge is -2.26. The van der Waals surface area contributed by atoms with E-state index in [0.29, 0.717) is 13.2 Å². The Morgan fingerprint density at radius 3 is 1.04 bits per heavy atom. The van der Waals surface area contributed by atoms with Gasteiger partial charge in [-0.15, -0.1) is 0 Å². The van der Waals surface area contributed by atoms with Gasteiger partial charge < -0.3 is 28.0 Å². The quantitative estimate of drug-likeness (QED) is 0.250. The van der Waals surface area contributed by atoms with Gasteiger partial charge in [0.2, 0.25) is 0 Å². The molecular weight excluding hydrogens is 374 g/mol. The van der Waals surface area contributed by atoms with E-state index in [1.807, 2.05) is 0 Å². The van der Waals surface area contributed by atoms with Crippen molar-refractivity contribution < 1.29 is 28.0 Å². The second-order valence-electron chi connectivity index (χ2n) is 7.47. The molecule has 0 aromatic carbocycles. The zero-order valence-corrected chi connectivity index (χ0v) is 18.8. The molecule has 0 aromatic rings. The lowest BCUT2D eigenvalue weighted by atomic mass is 10.1. The molecule has 0 aliphatic heterocycles. The van der Waals surface area contributed by atoms with Crippen molar-refractivity contribution in [2.45, 2.75) is 103 Å². The maximum absolute atomic E-state index is 11.5. The summed E-state index contributed by atoms with van der Waals surface area (Å²) in [7, 11) is -7.31. The summed E-state index contributed by atoms with van der Waals surface area (Å²) in [5.74, 6) is 0. The molecule has 0 heterocycles. The number of hydrogen-bond acceptors (Lipinski definition) is 6. The molecule has 0 saturated heterocycles. The summed E-state index contributed by atoms with van der Waals surface area (Å²) in [5.41, 5.74) is -0.900. The fourth-order valence-electron chi connectivity index (χ4n) is 2.30. The van der Waals surface area contributed by atoms with Crippen molar-refractivity contribution in [2.24, 2.45) is 0 Å². The summed E-state index contributed by atoms with van der Waals surface area (Å²) < 4.78 is 32.9. The molecular formula is C18H38O6P2-2. The summed E-state index contributed by atoms with van der Waals surface area (Å²) >= 11 is 0. The maximum atomic E-state index is 11.5. The molecule has 0 N–H and O–H groups in total. The van der Waals surface area contributed by atoms with Crippen molar-refractivity contribution in [3.05, 3.63) is 0 Å². The fraction of sp³-hybridized carbons (Fsp3) is 1.00. The van der Waals surface area contributed by atoms with E-state index in [1.54, 1.807) is 27.7 Å². The van der Waals surface area contributed by atoms with Crippen LogP contribution in [0.2, 0.25) is 0 Å². The van der Waals surface area contributed by atoms with Crippen molar-refractivity contribution in [2.75, 3.05) is 13.2 Å². The van der Waals surface area contributed by atoms with Crippen LogP contribution in [0.3, 0.4) is 0 Å². The van der Waals surface area contributed by atoms with Crippen LogP contribution in [0.5, 0.6) is 0 Å². The van der Waals surface area contributed by atoms with Crippen LogP contribution in [-0.2, 0) is 18.2 Å². The molecule has 6 nitrogen and oxygen atoms in total. The molecule has 0 bridgehead atoms. The molecule has 0 aromatic heterocycles. The molecule has 0 rings (SSSR count). The molecule has 0 spiro atoms. The zero-order chi connectivity index (χ0) is 20.1. The number of hydrogen-bond donors (Lipinski definition) is 0. The molecule has 0 aliphatic rings.